The second-order valence-electron chi connectivity index (χ2n) is 7.80. The van der Waals surface area contributed by atoms with Crippen LogP contribution in [0.15, 0.2) is 95.3 Å². The number of nitrogens with zero attached hydrogens (tertiary/aromatic N) is 1. The molecule has 2 aromatic carbocycles. The Morgan fingerprint density at radius 1 is 0.909 bits per heavy atom. The van der Waals surface area contributed by atoms with E-state index in [1.54, 1.807) is 49.4 Å². The molecule has 0 fully saturated rings. The smallest absolute Gasteiger partial charge is 0.184 e. The van der Waals surface area contributed by atoms with Crippen LogP contribution in [0.2, 0.25) is 0 Å². The van der Waals surface area contributed by atoms with Crippen LogP contribution in [0.1, 0.15) is 13.3 Å². The SMILES string of the molecule is C=CCN(C(=O)[O-])[C@@H]1C=C[C@@H](CC)[C@H](S(=O)(=O)c2ccccc2)[C@H]1S(=O)(=O)c1ccccc1. The van der Waals surface area contributed by atoms with Gasteiger partial charge in [0.2, 0.25) is 0 Å². The topological polar surface area (TPSA) is 112 Å². The van der Waals surface area contributed by atoms with Gasteiger partial charge in [0.25, 0.3) is 0 Å². The number of hydrogen-bond donors (Lipinski definition) is 0. The number of carbonyl (C=O) groups excluding carboxylic acids is 1. The van der Waals surface area contributed by atoms with Gasteiger partial charge in [-0.3, -0.25) is 0 Å². The molecular weight excluding hydrogens is 462 g/mol. The lowest BCUT2D eigenvalue weighted by atomic mass is 9.89. The first kappa shape index (κ1) is 24.7. The fourth-order valence-electron chi connectivity index (χ4n) is 4.32. The molecule has 33 heavy (non-hydrogen) atoms. The summed E-state index contributed by atoms with van der Waals surface area (Å²) in [5.74, 6) is -0.637. The maximum absolute atomic E-state index is 13.9. The predicted molar refractivity (Wildman–Crippen MR) is 124 cm³/mol. The van der Waals surface area contributed by atoms with E-state index in [1.807, 2.05) is 0 Å². The largest absolute Gasteiger partial charge is 0.530 e. The lowest BCUT2D eigenvalue weighted by Crippen LogP contribution is -2.60. The van der Waals surface area contributed by atoms with Crippen LogP contribution < -0.4 is 5.11 Å². The van der Waals surface area contributed by atoms with Gasteiger partial charge in [-0.25, -0.2) is 16.8 Å². The van der Waals surface area contributed by atoms with E-state index in [4.69, 9.17) is 0 Å². The summed E-state index contributed by atoms with van der Waals surface area (Å²) in [6, 6.07) is 13.9. The van der Waals surface area contributed by atoms with Crippen molar-refractivity contribution in [2.75, 3.05) is 6.54 Å². The van der Waals surface area contributed by atoms with Crippen LogP contribution in [0.5, 0.6) is 0 Å². The summed E-state index contributed by atoms with van der Waals surface area (Å²) >= 11 is 0. The monoisotopic (exact) mass is 488 g/mol. The zero-order chi connectivity index (χ0) is 24.2. The van der Waals surface area contributed by atoms with Gasteiger partial charge in [-0.15, -0.1) is 6.58 Å². The minimum absolute atomic E-state index is 0.0144. The Balaban J connectivity index is 2.31. The average Bonchev–Trinajstić information content (AvgIpc) is 2.82. The Hall–Kier alpha value is -2.91. The molecule has 1 aliphatic rings. The zero-order valence-electron chi connectivity index (χ0n) is 18.1. The van der Waals surface area contributed by atoms with Crippen molar-refractivity contribution in [1.29, 1.82) is 0 Å². The Morgan fingerprint density at radius 2 is 1.39 bits per heavy atom. The van der Waals surface area contributed by atoms with E-state index in [1.165, 1.54) is 36.4 Å². The summed E-state index contributed by atoms with van der Waals surface area (Å²) in [5, 5.41) is 8.97. The molecule has 0 aromatic heterocycles. The summed E-state index contributed by atoms with van der Waals surface area (Å²) < 4.78 is 55.5. The van der Waals surface area contributed by atoms with Crippen LogP contribution in [0.3, 0.4) is 0 Å². The number of benzene rings is 2. The fourth-order valence-corrected chi connectivity index (χ4v) is 9.32. The summed E-state index contributed by atoms with van der Waals surface area (Å²) in [7, 11) is -8.46. The highest BCUT2D eigenvalue weighted by Crippen LogP contribution is 2.39. The third-order valence-electron chi connectivity index (χ3n) is 5.89. The van der Waals surface area contributed by atoms with Crippen molar-refractivity contribution in [1.82, 2.24) is 4.90 Å². The maximum atomic E-state index is 13.9. The molecule has 0 radical (unpaired) electrons. The van der Waals surface area contributed by atoms with Crippen molar-refractivity contribution >= 4 is 25.8 Å². The Morgan fingerprint density at radius 3 is 1.82 bits per heavy atom. The fraction of sp³-hybridized carbons (Fsp3) is 0.292. The Kier molecular flexibility index (Phi) is 7.44. The first-order chi connectivity index (χ1) is 15.7. The van der Waals surface area contributed by atoms with E-state index in [0.29, 0.717) is 6.42 Å². The van der Waals surface area contributed by atoms with Crippen LogP contribution >= 0.6 is 0 Å². The minimum atomic E-state index is -4.29. The lowest BCUT2D eigenvalue weighted by molar-refractivity contribution is -0.266. The van der Waals surface area contributed by atoms with Crippen molar-refractivity contribution in [3.05, 3.63) is 85.5 Å². The first-order valence-electron chi connectivity index (χ1n) is 10.5. The van der Waals surface area contributed by atoms with Crippen molar-refractivity contribution in [3.8, 4) is 0 Å². The highest BCUT2D eigenvalue weighted by molar-refractivity contribution is 7.96. The van der Waals surface area contributed by atoms with E-state index < -0.39 is 48.2 Å². The van der Waals surface area contributed by atoms with Gasteiger partial charge in [-0.05, 0) is 36.6 Å². The minimum Gasteiger partial charge on any atom is -0.530 e. The molecule has 9 heteroatoms. The molecule has 0 N–H and O–H groups in total. The van der Waals surface area contributed by atoms with Crippen molar-refractivity contribution in [3.63, 3.8) is 0 Å². The molecule has 7 nitrogen and oxygen atoms in total. The summed E-state index contributed by atoms with van der Waals surface area (Å²) in [4.78, 5) is 12.7. The van der Waals surface area contributed by atoms with Gasteiger partial charge in [0.1, 0.15) is 11.3 Å². The second kappa shape index (κ2) is 9.93. The van der Waals surface area contributed by atoms with Gasteiger partial charge >= 0.3 is 0 Å². The van der Waals surface area contributed by atoms with Crippen LogP contribution in [-0.2, 0) is 19.7 Å². The molecule has 2 aromatic rings. The second-order valence-corrected chi connectivity index (χ2v) is 12.0. The molecule has 4 atom stereocenters. The average molecular weight is 489 g/mol. The number of carboxylic acid groups (broad SMARTS) is 1. The van der Waals surface area contributed by atoms with E-state index >= 15 is 0 Å². The van der Waals surface area contributed by atoms with Gasteiger partial charge in [0.15, 0.2) is 19.7 Å². The quantitative estimate of drug-likeness (QED) is 0.528. The van der Waals surface area contributed by atoms with Crippen LogP contribution in [0.25, 0.3) is 0 Å². The number of amides is 1. The van der Waals surface area contributed by atoms with E-state index in [0.717, 1.165) is 4.90 Å². The molecule has 0 heterocycles. The van der Waals surface area contributed by atoms with Gasteiger partial charge in [0, 0.05) is 6.54 Å². The van der Waals surface area contributed by atoms with E-state index in [-0.39, 0.29) is 16.3 Å². The van der Waals surface area contributed by atoms with E-state index in [9.17, 15) is 26.7 Å². The summed E-state index contributed by atoms with van der Waals surface area (Å²) in [6.07, 6.45) is 3.13. The number of allylic oxidation sites excluding steroid dienone is 1. The third-order valence-corrected chi connectivity index (χ3v) is 10.6. The highest BCUT2D eigenvalue weighted by Gasteiger charge is 2.52. The maximum Gasteiger partial charge on any atom is 0.184 e. The summed E-state index contributed by atoms with van der Waals surface area (Å²) in [6.45, 7) is 5.10. The molecule has 1 aliphatic carbocycles. The molecule has 0 spiro atoms. The van der Waals surface area contributed by atoms with Crippen molar-refractivity contribution in [2.24, 2.45) is 5.92 Å². The normalized spacial score (nSPS) is 23.1. The Bertz CT molecular complexity index is 1220. The van der Waals surface area contributed by atoms with E-state index in [2.05, 4.69) is 6.58 Å². The number of hydrogen-bond acceptors (Lipinski definition) is 6. The van der Waals surface area contributed by atoms with Crippen LogP contribution in [-0.4, -0.2) is 50.9 Å². The first-order valence-corrected chi connectivity index (χ1v) is 13.6. The van der Waals surface area contributed by atoms with Gasteiger partial charge < -0.3 is 14.8 Å². The van der Waals surface area contributed by atoms with Gasteiger partial charge in [0.05, 0.1) is 21.1 Å². The zero-order valence-corrected chi connectivity index (χ0v) is 19.8. The Labute approximate surface area is 194 Å². The van der Waals surface area contributed by atoms with Crippen LogP contribution in [0.4, 0.5) is 4.79 Å². The summed E-state index contributed by atoms with van der Waals surface area (Å²) in [5.41, 5.74) is 0. The molecule has 0 saturated carbocycles. The highest BCUT2D eigenvalue weighted by atomic mass is 32.2. The molecule has 0 saturated heterocycles. The molecule has 0 unspecified atom stereocenters. The van der Waals surface area contributed by atoms with Gasteiger partial charge in [-0.1, -0.05) is 61.5 Å². The number of carbonyl (C=O) groups is 1. The molecule has 0 aliphatic heterocycles. The third kappa shape index (κ3) is 4.74. The molecule has 176 valence electrons. The standard InChI is InChI=1S/C24H27NO6S2/c1-3-17-25(24(26)27)21-16-15-18(4-2)22(32(28,29)19-11-7-5-8-12-19)23(21)33(30,31)20-13-9-6-10-14-20/h3,5-16,18,21-23H,1,4,17H2,2H3,(H,26,27)/p-1/t18-,21-,22+,23+/m1/s1. The lowest BCUT2D eigenvalue weighted by Gasteiger charge is -2.43. The van der Waals surface area contributed by atoms with Crippen LogP contribution in [0, 0.1) is 5.92 Å². The molecule has 3 rings (SSSR count). The van der Waals surface area contributed by atoms with Gasteiger partial charge in [-0.2, -0.15) is 0 Å². The predicted octanol–water partition coefficient (Wildman–Crippen LogP) is 2.47. The molecule has 0 bridgehead atoms. The molecular formula is C24H26NO6S2-. The van der Waals surface area contributed by atoms with Crippen molar-refractivity contribution < 1.29 is 26.7 Å². The van der Waals surface area contributed by atoms with Crippen molar-refractivity contribution in [2.45, 2.75) is 39.7 Å². The number of sulfone groups is 2. The molecule has 1 amide bonds. The number of rotatable bonds is 8.